The molecule has 0 radical (unpaired) electrons. The number of hydrogen-bond acceptors (Lipinski definition) is 3. The Balaban J connectivity index is 1.33. The predicted octanol–water partition coefficient (Wildman–Crippen LogP) is 5.47. The SMILES string of the molecule is Cc1ccc(CCCCCCCC(=O)N2C(=O)OC[C@@H]2Cc2ccccc2)cc1. The Bertz CT molecular complexity index is 785. The molecular weight excluding hydrogens is 362 g/mol. The molecule has 0 aromatic heterocycles. The minimum absolute atomic E-state index is 0.104. The lowest BCUT2D eigenvalue weighted by Gasteiger charge is -2.19. The second-order valence-electron chi connectivity index (χ2n) is 7.94. The van der Waals surface area contributed by atoms with Crippen LogP contribution in [0.3, 0.4) is 0 Å². The summed E-state index contributed by atoms with van der Waals surface area (Å²) in [6.07, 6.45) is 7.00. The molecule has 1 aliphatic rings. The van der Waals surface area contributed by atoms with E-state index in [0.29, 0.717) is 19.4 Å². The minimum Gasteiger partial charge on any atom is -0.447 e. The monoisotopic (exact) mass is 393 g/mol. The standard InChI is InChI=1S/C25H31NO3/c1-20-14-16-21(17-15-20)10-6-3-2-4-9-13-24(27)26-23(19-29-25(26)28)18-22-11-7-5-8-12-22/h5,7-8,11-12,14-17,23H,2-4,6,9-10,13,18-19H2,1H3/t23-/m0/s1. The molecule has 0 N–H and O–H groups in total. The van der Waals surface area contributed by atoms with Gasteiger partial charge >= 0.3 is 6.09 Å². The highest BCUT2D eigenvalue weighted by atomic mass is 16.6. The molecule has 3 rings (SSSR count). The first-order valence-electron chi connectivity index (χ1n) is 10.7. The molecule has 0 spiro atoms. The molecule has 1 atom stereocenters. The maximum Gasteiger partial charge on any atom is 0.416 e. The summed E-state index contributed by atoms with van der Waals surface area (Å²) in [6, 6.07) is 18.5. The second-order valence-corrected chi connectivity index (χ2v) is 7.94. The number of hydrogen-bond donors (Lipinski definition) is 0. The number of ether oxygens (including phenoxy) is 1. The van der Waals surface area contributed by atoms with Crippen molar-refractivity contribution in [3.05, 3.63) is 71.3 Å². The maximum atomic E-state index is 12.6. The van der Waals surface area contributed by atoms with Gasteiger partial charge in [0, 0.05) is 6.42 Å². The van der Waals surface area contributed by atoms with Gasteiger partial charge in [-0.2, -0.15) is 0 Å². The molecule has 0 saturated carbocycles. The van der Waals surface area contributed by atoms with Crippen molar-refractivity contribution >= 4 is 12.0 Å². The number of cyclic esters (lactones) is 1. The quantitative estimate of drug-likeness (QED) is 0.503. The molecule has 2 aromatic rings. The van der Waals surface area contributed by atoms with E-state index in [1.54, 1.807) is 0 Å². The van der Waals surface area contributed by atoms with Crippen molar-refractivity contribution in [2.75, 3.05) is 6.61 Å². The van der Waals surface area contributed by atoms with E-state index < -0.39 is 6.09 Å². The van der Waals surface area contributed by atoms with Crippen molar-refractivity contribution in [3.63, 3.8) is 0 Å². The zero-order chi connectivity index (χ0) is 20.5. The van der Waals surface area contributed by atoms with Gasteiger partial charge in [-0.15, -0.1) is 0 Å². The van der Waals surface area contributed by atoms with E-state index in [1.165, 1.54) is 28.9 Å². The van der Waals surface area contributed by atoms with Crippen LogP contribution in [0.1, 0.15) is 55.2 Å². The van der Waals surface area contributed by atoms with Crippen LogP contribution >= 0.6 is 0 Å². The van der Waals surface area contributed by atoms with Gasteiger partial charge in [0.2, 0.25) is 5.91 Å². The lowest BCUT2D eigenvalue weighted by atomic mass is 10.0. The van der Waals surface area contributed by atoms with Gasteiger partial charge in [-0.05, 0) is 43.7 Å². The van der Waals surface area contributed by atoms with Crippen molar-refractivity contribution in [1.82, 2.24) is 4.90 Å². The third-order valence-corrected chi connectivity index (χ3v) is 5.52. The second kappa shape index (κ2) is 10.8. The number of rotatable bonds is 10. The normalized spacial score (nSPS) is 16.1. The van der Waals surface area contributed by atoms with E-state index in [1.807, 2.05) is 30.3 Å². The van der Waals surface area contributed by atoms with Crippen LogP contribution in [-0.4, -0.2) is 29.5 Å². The molecule has 4 nitrogen and oxygen atoms in total. The molecule has 0 aliphatic carbocycles. The Hall–Kier alpha value is -2.62. The van der Waals surface area contributed by atoms with Gasteiger partial charge in [-0.25, -0.2) is 9.69 Å². The van der Waals surface area contributed by atoms with Crippen LogP contribution in [0.25, 0.3) is 0 Å². The topological polar surface area (TPSA) is 46.6 Å². The molecule has 154 valence electrons. The summed E-state index contributed by atoms with van der Waals surface area (Å²) >= 11 is 0. The van der Waals surface area contributed by atoms with E-state index in [4.69, 9.17) is 4.74 Å². The Labute approximate surface area is 173 Å². The Kier molecular flexibility index (Phi) is 7.85. The molecule has 1 aliphatic heterocycles. The molecule has 1 fully saturated rings. The summed E-state index contributed by atoms with van der Waals surface area (Å²) in [7, 11) is 0. The lowest BCUT2D eigenvalue weighted by molar-refractivity contribution is -0.129. The summed E-state index contributed by atoms with van der Waals surface area (Å²) in [4.78, 5) is 25.9. The predicted molar refractivity (Wildman–Crippen MR) is 115 cm³/mol. The smallest absolute Gasteiger partial charge is 0.416 e. The molecule has 2 aromatic carbocycles. The van der Waals surface area contributed by atoms with Crippen LogP contribution in [0, 0.1) is 6.92 Å². The van der Waals surface area contributed by atoms with E-state index in [9.17, 15) is 9.59 Å². The largest absolute Gasteiger partial charge is 0.447 e. The van der Waals surface area contributed by atoms with E-state index >= 15 is 0 Å². The molecule has 1 saturated heterocycles. The van der Waals surface area contributed by atoms with Crippen molar-refractivity contribution in [3.8, 4) is 0 Å². The van der Waals surface area contributed by atoms with E-state index in [-0.39, 0.29) is 11.9 Å². The molecule has 0 unspecified atom stereocenters. The van der Waals surface area contributed by atoms with Crippen molar-refractivity contribution < 1.29 is 14.3 Å². The third kappa shape index (κ3) is 6.45. The molecule has 1 heterocycles. The first-order chi connectivity index (χ1) is 14.1. The average Bonchev–Trinajstić information content (AvgIpc) is 3.09. The fraction of sp³-hybridized carbons (Fsp3) is 0.440. The first-order valence-corrected chi connectivity index (χ1v) is 10.7. The highest BCUT2D eigenvalue weighted by molar-refractivity contribution is 5.93. The lowest BCUT2D eigenvalue weighted by Crippen LogP contribution is -2.40. The number of carbonyl (C=O) groups excluding carboxylic acids is 2. The summed E-state index contributed by atoms with van der Waals surface area (Å²) in [5.74, 6) is -0.104. The fourth-order valence-corrected chi connectivity index (χ4v) is 3.81. The minimum atomic E-state index is -0.492. The van der Waals surface area contributed by atoms with Gasteiger partial charge in [0.1, 0.15) is 6.61 Å². The number of aryl methyl sites for hydroxylation is 2. The molecule has 29 heavy (non-hydrogen) atoms. The number of nitrogens with zero attached hydrogens (tertiary/aromatic N) is 1. The van der Waals surface area contributed by atoms with Gasteiger partial charge in [0.05, 0.1) is 6.04 Å². The number of benzene rings is 2. The van der Waals surface area contributed by atoms with Crippen LogP contribution in [0.4, 0.5) is 4.79 Å². The summed E-state index contributed by atoms with van der Waals surface area (Å²) in [5.41, 5.74) is 3.80. The molecule has 0 bridgehead atoms. The number of amides is 2. The highest BCUT2D eigenvalue weighted by Gasteiger charge is 2.37. The van der Waals surface area contributed by atoms with Gasteiger partial charge in [0.25, 0.3) is 0 Å². The summed E-state index contributed by atoms with van der Waals surface area (Å²) in [6.45, 7) is 2.40. The van der Waals surface area contributed by atoms with Gasteiger partial charge in [0.15, 0.2) is 0 Å². The van der Waals surface area contributed by atoms with Crippen molar-refractivity contribution in [1.29, 1.82) is 0 Å². The van der Waals surface area contributed by atoms with Crippen LogP contribution < -0.4 is 0 Å². The molecule has 2 amide bonds. The molecule has 4 heteroatoms. The summed E-state index contributed by atoms with van der Waals surface area (Å²) < 4.78 is 5.15. The van der Waals surface area contributed by atoms with Crippen LogP contribution in [0.2, 0.25) is 0 Å². The van der Waals surface area contributed by atoms with Crippen LogP contribution in [0.5, 0.6) is 0 Å². The Morgan fingerprint density at radius 2 is 1.62 bits per heavy atom. The Morgan fingerprint density at radius 3 is 2.38 bits per heavy atom. The van der Waals surface area contributed by atoms with Crippen LogP contribution in [-0.2, 0) is 22.4 Å². The van der Waals surface area contributed by atoms with Crippen molar-refractivity contribution in [2.45, 2.75) is 64.3 Å². The van der Waals surface area contributed by atoms with E-state index in [2.05, 4.69) is 31.2 Å². The molecular formula is C25H31NO3. The maximum absolute atomic E-state index is 12.6. The number of unbranched alkanes of at least 4 members (excludes halogenated alkanes) is 4. The van der Waals surface area contributed by atoms with Gasteiger partial charge in [-0.1, -0.05) is 79.4 Å². The average molecular weight is 394 g/mol. The number of imide groups is 1. The van der Waals surface area contributed by atoms with Crippen LogP contribution in [0.15, 0.2) is 54.6 Å². The number of carbonyl (C=O) groups is 2. The van der Waals surface area contributed by atoms with Gasteiger partial charge in [-0.3, -0.25) is 4.79 Å². The zero-order valence-electron chi connectivity index (χ0n) is 17.3. The zero-order valence-corrected chi connectivity index (χ0v) is 17.3. The Morgan fingerprint density at radius 1 is 0.931 bits per heavy atom. The fourth-order valence-electron chi connectivity index (χ4n) is 3.81. The van der Waals surface area contributed by atoms with E-state index in [0.717, 1.165) is 31.2 Å². The van der Waals surface area contributed by atoms with Crippen molar-refractivity contribution in [2.24, 2.45) is 0 Å². The highest BCUT2D eigenvalue weighted by Crippen LogP contribution is 2.20. The summed E-state index contributed by atoms with van der Waals surface area (Å²) in [5, 5.41) is 0. The third-order valence-electron chi connectivity index (χ3n) is 5.52. The first kappa shape index (κ1) is 21.1. The van der Waals surface area contributed by atoms with Gasteiger partial charge < -0.3 is 4.74 Å².